The van der Waals surface area contributed by atoms with Crippen LogP contribution in [0.1, 0.15) is 50.2 Å². The van der Waals surface area contributed by atoms with E-state index in [2.05, 4.69) is 36.1 Å². The number of rotatable bonds is 9. The van der Waals surface area contributed by atoms with Gasteiger partial charge in [0.15, 0.2) is 9.84 Å². The number of hydrogen-bond acceptors (Lipinski definition) is 5. The fraction of sp³-hybridized carbons (Fsp3) is 0.696. The summed E-state index contributed by atoms with van der Waals surface area (Å²) in [5, 5.41) is 0. The van der Waals surface area contributed by atoms with E-state index >= 15 is 0 Å². The van der Waals surface area contributed by atoms with Crippen LogP contribution in [0.4, 0.5) is 0 Å². The van der Waals surface area contributed by atoms with E-state index in [-0.39, 0.29) is 29.6 Å². The molecule has 7 heteroatoms. The quantitative estimate of drug-likeness (QED) is 0.597. The standard InChI is InChI=1S/C23H34N2O4S/c1-2-18-5-7-19(8-6-18)14-24(20-9-10-20)16-23(26)25(15-22-4-3-12-29-22)21-11-13-30(27,28)17-21/h5-8,20-22H,2-4,9-17H2,1H3. The maximum atomic E-state index is 13.4. The highest BCUT2D eigenvalue weighted by Gasteiger charge is 2.38. The summed E-state index contributed by atoms with van der Waals surface area (Å²) in [7, 11) is -3.04. The minimum atomic E-state index is -3.04. The molecule has 3 aliphatic rings. The van der Waals surface area contributed by atoms with E-state index in [0.29, 0.717) is 25.6 Å². The van der Waals surface area contributed by atoms with Gasteiger partial charge in [-0.2, -0.15) is 0 Å². The van der Waals surface area contributed by atoms with Crippen molar-refractivity contribution < 1.29 is 17.9 Å². The first-order valence-corrected chi connectivity index (χ1v) is 13.2. The molecule has 166 valence electrons. The topological polar surface area (TPSA) is 66.9 Å². The Balaban J connectivity index is 1.44. The molecule has 0 bridgehead atoms. The molecule has 1 aliphatic carbocycles. The first-order chi connectivity index (χ1) is 14.4. The monoisotopic (exact) mass is 434 g/mol. The van der Waals surface area contributed by atoms with Crippen LogP contribution in [0.25, 0.3) is 0 Å². The van der Waals surface area contributed by atoms with Crippen LogP contribution in [-0.4, -0.2) is 73.5 Å². The van der Waals surface area contributed by atoms with Crippen molar-refractivity contribution in [1.29, 1.82) is 0 Å². The number of amides is 1. The number of hydrogen-bond donors (Lipinski definition) is 0. The van der Waals surface area contributed by atoms with Crippen molar-refractivity contribution >= 4 is 15.7 Å². The second-order valence-corrected chi connectivity index (χ2v) is 11.3. The molecule has 0 N–H and O–H groups in total. The molecule has 0 aromatic heterocycles. The summed E-state index contributed by atoms with van der Waals surface area (Å²) in [5.74, 6) is 0.320. The number of sulfone groups is 1. The van der Waals surface area contributed by atoms with Gasteiger partial charge in [0.05, 0.1) is 24.2 Å². The molecule has 0 radical (unpaired) electrons. The molecule has 2 heterocycles. The van der Waals surface area contributed by atoms with Crippen LogP contribution in [0.15, 0.2) is 24.3 Å². The third kappa shape index (κ3) is 5.62. The van der Waals surface area contributed by atoms with Gasteiger partial charge in [-0.1, -0.05) is 31.2 Å². The van der Waals surface area contributed by atoms with Crippen LogP contribution < -0.4 is 0 Å². The van der Waals surface area contributed by atoms with Crippen LogP contribution in [0.2, 0.25) is 0 Å². The number of carbonyl (C=O) groups excluding carboxylic acids is 1. The molecule has 1 aromatic carbocycles. The van der Waals surface area contributed by atoms with E-state index in [4.69, 9.17) is 4.74 Å². The smallest absolute Gasteiger partial charge is 0.237 e. The highest BCUT2D eigenvalue weighted by atomic mass is 32.2. The average Bonchev–Trinajstić information content (AvgIpc) is 3.33. The summed E-state index contributed by atoms with van der Waals surface area (Å²) in [6, 6.07) is 8.89. The first kappa shape index (κ1) is 21.8. The molecule has 2 atom stereocenters. The average molecular weight is 435 g/mol. The predicted octanol–water partition coefficient (Wildman–Crippen LogP) is 2.41. The summed E-state index contributed by atoms with van der Waals surface area (Å²) >= 11 is 0. The lowest BCUT2D eigenvalue weighted by Gasteiger charge is -2.33. The van der Waals surface area contributed by atoms with E-state index in [0.717, 1.165) is 45.3 Å². The summed E-state index contributed by atoms with van der Waals surface area (Å²) in [6.45, 7) is 4.51. The SMILES string of the molecule is CCc1ccc(CN(CC(=O)N(CC2CCCO2)C2CCS(=O)(=O)C2)C2CC2)cc1. The Morgan fingerprint density at radius 1 is 1.07 bits per heavy atom. The van der Waals surface area contributed by atoms with Crippen molar-refractivity contribution in [2.24, 2.45) is 0 Å². The van der Waals surface area contributed by atoms with Crippen molar-refractivity contribution in [3.05, 3.63) is 35.4 Å². The Labute approximate surface area is 180 Å². The number of ether oxygens (including phenoxy) is 1. The normalized spacial score (nSPS) is 25.7. The van der Waals surface area contributed by atoms with Crippen molar-refractivity contribution in [3.63, 3.8) is 0 Å². The van der Waals surface area contributed by atoms with E-state index in [1.807, 2.05) is 4.90 Å². The van der Waals surface area contributed by atoms with Crippen LogP contribution in [0, 0.1) is 0 Å². The molecule has 2 unspecified atom stereocenters. The van der Waals surface area contributed by atoms with Gasteiger partial charge in [0.25, 0.3) is 0 Å². The molecule has 0 spiro atoms. The van der Waals surface area contributed by atoms with Crippen LogP contribution in [0.5, 0.6) is 0 Å². The zero-order valence-electron chi connectivity index (χ0n) is 18.0. The first-order valence-electron chi connectivity index (χ1n) is 11.4. The van der Waals surface area contributed by atoms with Crippen molar-refractivity contribution in [1.82, 2.24) is 9.80 Å². The summed E-state index contributed by atoms with van der Waals surface area (Å²) < 4.78 is 29.9. The number of nitrogens with zero attached hydrogens (tertiary/aromatic N) is 2. The van der Waals surface area contributed by atoms with Crippen molar-refractivity contribution in [3.8, 4) is 0 Å². The zero-order chi connectivity index (χ0) is 21.1. The predicted molar refractivity (Wildman–Crippen MR) is 117 cm³/mol. The number of aryl methyl sites for hydroxylation is 1. The fourth-order valence-electron chi connectivity index (χ4n) is 4.62. The summed E-state index contributed by atoms with van der Waals surface area (Å²) in [6.07, 6.45) is 5.81. The van der Waals surface area contributed by atoms with Gasteiger partial charge in [-0.15, -0.1) is 0 Å². The Morgan fingerprint density at radius 3 is 2.37 bits per heavy atom. The molecular weight excluding hydrogens is 400 g/mol. The molecule has 4 rings (SSSR count). The maximum absolute atomic E-state index is 13.4. The molecule has 1 saturated carbocycles. The third-order valence-corrected chi connectivity index (χ3v) is 8.36. The molecule has 1 aromatic rings. The lowest BCUT2D eigenvalue weighted by Crippen LogP contribution is -2.49. The van der Waals surface area contributed by atoms with Crippen molar-refractivity contribution in [2.45, 2.75) is 70.2 Å². The van der Waals surface area contributed by atoms with Gasteiger partial charge >= 0.3 is 0 Å². The molecule has 3 fully saturated rings. The second-order valence-electron chi connectivity index (χ2n) is 9.04. The largest absolute Gasteiger partial charge is 0.376 e. The van der Waals surface area contributed by atoms with Gasteiger partial charge in [0.1, 0.15) is 0 Å². The maximum Gasteiger partial charge on any atom is 0.237 e. The number of carbonyl (C=O) groups is 1. The van der Waals surface area contributed by atoms with E-state index in [1.165, 1.54) is 11.1 Å². The summed E-state index contributed by atoms with van der Waals surface area (Å²) in [5.41, 5.74) is 2.54. The van der Waals surface area contributed by atoms with Crippen LogP contribution in [-0.2, 0) is 32.3 Å². The molecule has 30 heavy (non-hydrogen) atoms. The van der Waals surface area contributed by atoms with Gasteiger partial charge in [-0.3, -0.25) is 9.69 Å². The van der Waals surface area contributed by atoms with Gasteiger partial charge in [0, 0.05) is 31.8 Å². The molecule has 2 saturated heterocycles. The third-order valence-electron chi connectivity index (χ3n) is 6.61. The minimum absolute atomic E-state index is 0.0354. The molecule has 1 amide bonds. The fourth-order valence-corrected chi connectivity index (χ4v) is 6.35. The highest BCUT2D eigenvalue weighted by Crippen LogP contribution is 2.29. The Hall–Kier alpha value is -1.44. The Kier molecular flexibility index (Phi) is 6.80. The molecule has 2 aliphatic heterocycles. The molecule has 6 nitrogen and oxygen atoms in total. The van der Waals surface area contributed by atoms with E-state index < -0.39 is 9.84 Å². The van der Waals surface area contributed by atoms with E-state index in [9.17, 15) is 13.2 Å². The Morgan fingerprint density at radius 2 is 1.80 bits per heavy atom. The van der Waals surface area contributed by atoms with Gasteiger partial charge in [-0.25, -0.2) is 8.42 Å². The summed E-state index contributed by atoms with van der Waals surface area (Å²) in [4.78, 5) is 17.5. The Bertz CT molecular complexity index is 829. The van der Waals surface area contributed by atoms with Gasteiger partial charge in [0.2, 0.25) is 5.91 Å². The van der Waals surface area contributed by atoms with Crippen molar-refractivity contribution in [2.75, 3.05) is 31.2 Å². The lowest BCUT2D eigenvalue weighted by molar-refractivity contribution is -0.136. The minimum Gasteiger partial charge on any atom is -0.376 e. The molecular formula is C23H34N2O4S. The van der Waals surface area contributed by atoms with Gasteiger partial charge in [-0.05, 0) is 49.7 Å². The van der Waals surface area contributed by atoms with Crippen LogP contribution in [0.3, 0.4) is 0 Å². The number of benzene rings is 1. The lowest BCUT2D eigenvalue weighted by atomic mass is 10.1. The van der Waals surface area contributed by atoms with Crippen LogP contribution >= 0.6 is 0 Å². The zero-order valence-corrected chi connectivity index (χ0v) is 18.8. The highest BCUT2D eigenvalue weighted by molar-refractivity contribution is 7.91. The van der Waals surface area contributed by atoms with Gasteiger partial charge < -0.3 is 9.64 Å². The second kappa shape index (κ2) is 9.37. The van der Waals surface area contributed by atoms with E-state index in [1.54, 1.807) is 0 Å².